The highest BCUT2D eigenvalue weighted by molar-refractivity contribution is 7.92. The van der Waals surface area contributed by atoms with Gasteiger partial charge in [-0.3, -0.25) is 9.10 Å². The summed E-state index contributed by atoms with van der Waals surface area (Å²) < 4.78 is 39.5. The molecule has 33 heavy (non-hydrogen) atoms. The average molecular weight is 487 g/mol. The number of fused-ring (bicyclic) bond motifs is 1. The number of methoxy groups -OCH3 is 1. The van der Waals surface area contributed by atoms with Crippen molar-refractivity contribution >= 4 is 38.9 Å². The van der Waals surface area contributed by atoms with Crippen molar-refractivity contribution < 1.29 is 22.7 Å². The largest absolute Gasteiger partial charge is 0.495 e. The Hall–Kier alpha value is -3.23. The summed E-state index contributed by atoms with van der Waals surface area (Å²) in [6, 6.07) is 16.6. The van der Waals surface area contributed by atoms with Gasteiger partial charge in [0, 0.05) is 5.02 Å². The maximum Gasteiger partial charge on any atom is 0.267 e. The van der Waals surface area contributed by atoms with Crippen LogP contribution in [0.15, 0.2) is 65.6 Å². The first-order valence-electron chi connectivity index (χ1n) is 10.2. The molecule has 172 valence electrons. The molecule has 1 amide bonds. The molecule has 1 N–H and O–H groups in total. The summed E-state index contributed by atoms with van der Waals surface area (Å²) in [5, 5.41) is 3.16. The van der Waals surface area contributed by atoms with E-state index in [9.17, 15) is 13.2 Å². The number of carbonyl (C=O) groups is 1. The van der Waals surface area contributed by atoms with Crippen LogP contribution in [0.1, 0.15) is 11.1 Å². The van der Waals surface area contributed by atoms with Crippen LogP contribution in [0.2, 0.25) is 5.02 Å². The maximum atomic E-state index is 13.5. The molecule has 0 saturated carbocycles. The molecule has 1 aliphatic rings. The van der Waals surface area contributed by atoms with Crippen LogP contribution >= 0.6 is 11.6 Å². The summed E-state index contributed by atoms with van der Waals surface area (Å²) in [7, 11) is -2.46. The predicted molar refractivity (Wildman–Crippen MR) is 128 cm³/mol. The van der Waals surface area contributed by atoms with Crippen LogP contribution in [0.25, 0.3) is 0 Å². The predicted octanol–water partition coefficient (Wildman–Crippen LogP) is 4.56. The van der Waals surface area contributed by atoms with Crippen LogP contribution in [0.5, 0.6) is 11.5 Å². The normalized spacial score (nSPS) is 15.4. The summed E-state index contributed by atoms with van der Waals surface area (Å²) in [4.78, 5) is 13.3. The van der Waals surface area contributed by atoms with E-state index >= 15 is 0 Å². The fourth-order valence-corrected chi connectivity index (χ4v) is 5.20. The van der Waals surface area contributed by atoms with Crippen LogP contribution in [-0.4, -0.2) is 34.1 Å². The van der Waals surface area contributed by atoms with E-state index in [0.29, 0.717) is 27.9 Å². The van der Waals surface area contributed by atoms with Gasteiger partial charge in [-0.25, -0.2) is 8.42 Å². The van der Waals surface area contributed by atoms with Crippen molar-refractivity contribution in [2.24, 2.45) is 0 Å². The van der Waals surface area contributed by atoms with E-state index in [1.165, 1.54) is 11.4 Å². The molecule has 0 aliphatic carbocycles. The number of carbonyl (C=O) groups excluding carboxylic acids is 1. The first-order valence-corrected chi connectivity index (χ1v) is 12.0. The zero-order chi connectivity index (χ0) is 23.8. The minimum atomic E-state index is -3.94. The van der Waals surface area contributed by atoms with Crippen LogP contribution < -0.4 is 19.1 Å². The molecule has 1 heterocycles. The van der Waals surface area contributed by atoms with E-state index in [1.807, 2.05) is 13.8 Å². The van der Waals surface area contributed by atoms with Crippen molar-refractivity contribution in [1.29, 1.82) is 0 Å². The first-order chi connectivity index (χ1) is 15.7. The highest BCUT2D eigenvalue weighted by Crippen LogP contribution is 2.38. The Morgan fingerprint density at radius 1 is 1.06 bits per heavy atom. The van der Waals surface area contributed by atoms with Crippen molar-refractivity contribution in [2.75, 3.05) is 23.3 Å². The van der Waals surface area contributed by atoms with Gasteiger partial charge in [-0.15, -0.1) is 0 Å². The molecule has 9 heteroatoms. The number of aryl methyl sites for hydroxylation is 2. The summed E-state index contributed by atoms with van der Waals surface area (Å²) in [5.74, 6) is 0.214. The second kappa shape index (κ2) is 8.96. The van der Waals surface area contributed by atoms with Crippen molar-refractivity contribution in [3.8, 4) is 11.5 Å². The van der Waals surface area contributed by atoms with E-state index in [2.05, 4.69) is 5.32 Å². The lowest BCUT2D eigenvalue weighted by molar-refractivity contribution is -0.122. The van der Waals surface area contributed by atoms with Crippen molar-refractivity contribution in [2.45, 2.75) is 24.8 Å². The summed E-state index contributed by atoms with van der Waals surface area (Å²) in [6.45, 7) is 3.55. The van der Waals surface area contributed by atoms with Crippen molar-refractivity contribution in [1.82, 2.24) is 0 Å². The van der Waals surface area contributed by atoms with Crippen molar-refractivity contribution in [3.05, 3.63) is 76.8 Å². The number of nitrogens with zero attached hydrogens (tertiary/aromatic N) is 1. The van der Waals surface area contributed by atoms with Gasteiger partial charge in [0.1, 0.15) is 11.5 Å². The third-order valence-corrected chi connectivity index (χ3v) is 7.33. The lowest BCUT2D eigenvalue weighted by Gasteiger charge is -2.35. The number of amides is 1. The van der Waals surface area contributed by atoms with Gasteiger partial charge >= 0.3 is 0 Å². The molecule has 0 bridgehead atoms. The Morgan fingerprint density at radius 3 is 2.45 bits per heavy atom. The summed E-state index contributed by atoms with van der Waals surface area (Å²) >= 11 is 6.06. The Labute approximate surface area is 197 Å². The molecule has 0 fully saturated rings. The molecule has 7 nitrogen and oxygen atoms in total. The van der Waals surface area contributed by atoms with Gasteiger partial charge in [-0.1, -0.05) is 35.4 Å². The Balaban J connectivity index is 1.70. The van der Waals surface area contributed by atoms with E-state index in [-0.39, 0.29) is 11.4 Å². The molecule has 1 aliphatic heterocycles. The van der Waals surface area contributed by atoms with Gasteiger partial charge in [-0.2, -0.15) is 0 Å². The van der Waals surface area contributed by atoms with Gasteiger partial charge in [0.25, 0.3) is 15.9 Å². The number of rotatable bonds is 5. The number of halogens is 1. The molecule has 4 rings (SSSR count). The molecule has 0 aromatic heterocycles. The van der Waals surface area contributed by atoms with E-state index < -0.39 is 22.0 Å². The Bertz CT molecular complexity index is 1310. The number of nitrogens with one attached hydrogen (secondary N) is 1. The average Bonchev–Trinajstić information content (AvgIpc) is 2.78. The van der Waals surface area contributed by atoms with Crippen molar-refractivity contribution in [3.63, 3.8) is 0 Å². The number of ether oxygens (including phenoxy) is 2. The van der Waals surface area contributed by atoms with Crippen LogP contribution in [0, 0.1) is 13.8 Å². The van der Waals surface area contributed by atoms with Crippen LogP contribution in [-0.2, 0) is 14.8 Å². The number of hydrogen-bond acceptors (Lipinski definition) is 5. The van der Waals surface area contributed by atoms with Crippen LogP contribution in [0.3, 0.4) is 0 Å². The Morgan fingerprint density at radius 2 is 1.76 bits per heavy atom. The fourth-order valence-electron chi connectivity index (χ4n) is 3.55. The summed E-state index contributed by atoms with van der Waals surface area (Å²) in [5.41, 5.74) is 2.56. The number of benzene rings is 3. The molecule has 0 spiro atoms. The number of hydrogen-bond donors (Lipinski definition) is 1. The molecule has 0 unspecified atom stereocenters. The lowest BCUT2D eigenvalue weighted by atomic mass is 10.1. The highest BCUT2D eigenvalue weighted by Gasteiger charge is 2.37. The van der Waals surface area contributed by atoms with Gasteiger partial charge in [-0.05, 0) is 61.9 Å². The summed E-state index contributed by atoms with van der Waals surface area (Å²) in [6.07, 6.45) is -1.09. The van der Waals surface area contributed by atoms with E-state index in [0.717, 1.165) is 11.1 Å². The molecule has 0 saturated heterocycles. The monoisotopic (exact) mass is 486 g/mol. The molecule has 0 radical (unpaired) electrons. The maximum absolute atomic E-state index is 13.5. The molecule has 3 aromatic carbocycles. The van der Waals surface area contributed by atoms with Gasteiger partial charge < -0.3 is 14.8 Å². The Kier molecular flexibility index (Phi) is 6.23. The third-order valence-electron chi connectivity index (χ3n) is 5.31. The highest BCUT2D eigenvalue weighted by atomic mass is 35.5. The first kappa shape index (κ1) is 22.9. The third kappa shape index (κ3) is 4.62. The fraction of sp³-hybridized carbons (Fsp3) is 0.208. The quantitative estimate of drug-likeness (QED) is 0.571. The molecular formula is C24H23ClN2O5S. The topological polar surface area (TPSA) is 84.9 Å². The van der Waals surface area contributed by atoms with Gasteiger partial charge in [0.2, 0.25) is 0 Å². The van der Waals surface area contributed by atoms with Gasteiger partial charge in [0.15, 0.2) is 6.10 Å². The zero-order valence-corrected chi connectivity index (χ0v) is 19.9. The zero-order valence-electron chi connectivity index (χ0n) is 18.3. The molecule has 1 atom stereocenters. The smallest absolute Gasteiger partial charge is 0.267 e. The molecule has 3 aromatic rings. The number of sulfonamides is 1. The van der Waals surface area contributed by atoms with Gasteiger partial charge in [0.05, 0.1) is 29.9 Å². The standard InChI is InChI=1S/C24H23ClN2O5S/c1-15-4-8-18(9-5-15)33(29,30)27-14-23(32-22-12-16(2)6-10-20(22)27)24(28)26-19-13-17(25)7-11-21(19)31-3/h4-13,23H,14H2,1-3H3,(H,26,28)/t23-/m1/s1. The molecular weight excluding hydrogens is 464 g/mol. The SMILES string of the molecule is COc1ccc(Cl)cc1NC(=O)[C@H]1CN(S(=O)(=O)c2ccc(C)cc2)c2ccc(C)cc2O1. The minimum Gasteiger partial charge on any atom is -0.495 e. The van der Waals surface area contributed by atoms with E-state index in [4.69, 9.17) is 21.1 Å². The van der Waals surface area contributed by atoms with Crippen LogP contribution in [0.4, 0.5) is 11.4 Å². The van der Waals surface area contributed by atoms with E-state index in [1.54, 1.807) is 60.7 Å². The second-order valence-corrected chi connectivity index (χ2v) is 10.1. The second-order valence-electron chi connectivity index (χ2n) is 7.76. The minimum absolute atomic E-state index is 0.136. The lowest BCUT2D eigenvalue weighted by Crippen LogP contribution is -2.48. The number of anilines is 2.